The quantitative estimate of drug-likeness (QED) is 0.510. The molecule has 0 spiro atoms. The average Bonchev–Trinajstić information content (AvgIpc) is 2.65. The highest BCUT2D eigenvalue weighted by Gasteiger charge is 2.25. The highest BCUT2D eigenvalue weighted by Crippen LogP contribution is 2.13. The lowest BCUT2D eigenvalue weighted by Crippen LogP contribution is -2.48. The Morgan fingerprint density at radius 1 is 1.18 bits per heavy atom. The Balaban J connectivity index is 2.64. The first kappa shape index (κ1) is 24.0. The molecule has 1 unspecified atom stereocenters. The number of carbonyl (C=O) groups excluding carboxylic acids is 2. The summed E-state index contributed by atoms with van der Waals surface area (Å²) in [6.45, 7) is 7.81. The maximum Gasteiger partial charge on any atom is 0.324 e. The Bertz CT molecular complexity index is 639. The number of nitrogens with one attached hydrogen (secondary N) is 1. The molecule has 8 heteroatoms. The van der Waals surface area contributed by atoms with E-state index >= 15 is 0 Å². The van der Waals surface area contributed by atoms with Gasteiger partial charge in [-0.1, -0.05) is 30.3 Å². The van der Waals surface area contributed by atoms with Crippen molar-refractivity contribution in [3.63, 3.8) is 0 Å². The van der Waals surface area contributed by atoms with Gasteiger partial charge in [0.1, 0.15) is 12.1 Å². The number of ether oxygens (including phenoxy) is 1. The number of thioether (sulfide) groups is 1. The number of carboxylic acid groups (broad SMARTS) is 1. The molecular formula is C20H30N2O5S. The zero-order valence-corrected chi connectivity index (χ0v) is 17.7. The molecule has 0 fully saturated rings. The molecule has 1 aromatic rings. The highest BCUT2D eigenvalue weighted by atomic mass is 32.2. The molecule has 0 aliphatic rings. The Hall–Kier alpha value is -2.06. The summed E-state index contributed by atoms with van der Waals surface area (Å²) in [7, 11) is 0. The van der Waals surface area contributed by atoms with Crippen molar-refractivity contribution in [2.45, 2.75) is 52.4 Å². The lowest BCUT2D eigenvalue weighted by Gasteiger charge is -2.27. The highest BCUT2D eigenvalue weighted by molar-refractivity contribution is 8.00. The third kappa shape index (κ3) is 8.31. The maximum absolute atomic E-state index is 12.7. The number of hydrogen-bond acceptors (Lipinski definition) is 6. The molecule has 0 aliphatic carbocycles. The molecule has 2 N–H and O–H groups in total. The second-order valence-corrected chi connectivity index (χ2v) is 7.68. The van der Waals surface area contributed by atoms with Crippen molar-refractivity contribution < 1.29 is 24.2 Å². The van der Waals surface area contributed by atoms with Crippen LogP contribution in [-0.2, 0) is 25.7 Å². The van der Waals surface area contributed by atoms with E-state index < -0.39 is 24.0 Å². The van der Waals surface area contributed by atoms with E-state index in [1.165, 1.54) is 18.7 Å². The summed E-state index contributed by atoms with van der Waals surface area (Å²) in [6.07, 6.45) is 0. The van der Waals surface area contributed by atoms with E-state index in [9.17, 15) is 14.4 Å². The summed E-state index contributed by atoms with van der Waals surface area (Å²) >= 11 is 1.29. The Morgan fingerprint density at radius 2 is 1.82 bits per heavy atom. The number of rotatable bonds is 12. The molecule has 2 atom stereocenters. The summed E-state index contributed by atoms with van der Waals surface area (Å²) in [5.74, 6) is -1.15. The standard InChI is InChI=1S/C20H30N2O5S/c1-5-27-20(26)17(21-15(4)19(24)25)12-28-13-18(23)22(14(2)3)11-16-9-7-6-8-10-16/h6-10,14-15,17,21H,5,11-13H2,1-4H3,(H,24,25)/t15?,17-/m0/s1. The van der Waals surface area contributed by atoms with Crippen LogP contribution in [0.2, 0.25) is 0 Å². The van der Waals surface area contributed by atoms with Crippen LogP contribution in [-0.4, -0.2) is 64.1 Å². The van der Waals surface area contributed by atoms with Crippen molar-refractivity contribution in [2.24, 2.45) is 0 Å². The van der Waals surface area contributed by atoms with Crippen LogP contribution in [0.1, 0.15) is 33.3 Å². The predicted octanol–water partition coefficient (Wildman–Crippen LogP) is 2.15. The van der Waals surface area contributed by atoms with Gasteiger partial charge in [-0.3, -0.25) is 19.7 Å². The summed E-state index contributed by atoms with van der Waals surface area (Å²) in [4.78, 5) is 37.6. The van der Waals surface area contributed by atoms with Crippen LogP contribution in [0.3, 0.4) is 0 Å². The van der Waals surface area contributed by atoms with Gasteiger partial charge in [-0.25, -0.2) is 0 Å². The van der Waals surface area contributed by atoms with Crippen LogP contribution in [0.5, 0.6) is 0 Å². The van der Waals surface area contributed by atoms with Crippen LogP contribution < -0.4 is 5.32 Å². The minimum Gasteiger partial charge on any atom is -0.480 e. The van der Waals surface area contributed by atoms with E-state index in [2.05, 4.69) is 5.32 Å². The molecule has 28 heavy (non-hydrogen) atoms. The van der Waals surface area contributed by atoms with E-state index in [1.807, 2.05) is 44.2 Å². The predicted molar refractivity (Wildman–Crippen MR) is 110 cm³/mol. The number of esters is 1. The third-order valence-electron chi connectivity index (χ3n) is 4.04. The Morgan fingerprint density at radius 3 is 2.36 bits per heavy atom. The zero-order valence-electron chi connectivity index (χ0n) is 16.9. The van der Waals surface area contributed by atoms with Crippen LogP contribution in [0.25, 0.3) is 0 Å². The lowest BCUT2D eigenvalue weighted by molar-refractivity contribution is -0.146. The van der Waals surface area contributed by atoms with Gasteiger partial charge in [-0.2, -0.15) is 0 Å². The van der Waals surface area contributed by atoms with Gasteiger partial charge in [-0.15, -0.1) is 11.8 Å². The van der Waals surface area contributed by atoms with Gasteiger partial charge in [-0.05, 0) is 33.3 Å². The Kier molecular flexibility index (Phi) is 10.6. The number of aliphatic carboxylic acids is 1. The van der Waals surface area contributed by atoms with E-state index in [0.717, 1.165) is 5.56 Å². The number of nitrogens with zero attached hydrogens (tertiary/aromatic N) is 1. The van der Waals surface area contributed by atoms with Crippen LogP contribution in [0, 0.1) is 0 Å². The molecule has 7 nitrogen and oxygen atoms in total. The second-order valence-electron chi connectivity index (χ2n) is 6.65. The minimum absolute atomic E-state index is 0.0299. The molecule has 0 heterocycles. The fourth-order valence-corrected chi connectivity index (χ4v) is 3.41. The third-order valence-corrected chi connectivity index (χ3v) is 5.06. The molecule has 1 aromatic carbocycles. The summed E-state index contributed by atoms with van der Waals surface area (Å²) in [5, 5.41) is 11.8. The van der Waals surface area contributed by atoms with E-state index in [4.69, 9.17) is 9.84 Å². The van der Waals surface area contributed by atoms with Crippen molar-refractivity contribution in [3.05, 3.63) is 35.9 Å². The number of amides is 1. The molecule has 156 valence electrons. The second kappa shape index (κ2) is 12.4. The number of carbonyl (C=O) groups is 3. The lowest BCUT2D eigenvalue weighted by atomic mass is 10.2. The molecular weight excluding hydrogens is 380 g/mol. The number of carboxylic acids is 1. The normalized spacial score (nSPS) is 13.0. The molecule has 0 aliphatic heterocycles. The van der Waals surface area contributed by atoms with Gasteiger partial charge in [0.2, 0.25) is 5.91 Å². The molecule has 1 amide bonds. The van der Waals surface area contributed by atoms with Gasteiger partial charge in [0.15, 0.2) is 0 Å². The van der Waals surface area contributed by atoms with Gasteiger partial charge in [0.05, 0.1) is 12.4 Å². The molecule has 0 radical (unpaired) electrons. The van der Waals surface area contributed by atoms with Gasteiger partial charge in [0, 0.05) is 18.3 Å². The first-order chi connectivity index (χ1) is 13.3. The molecule has 0 saturated carbocycles. The largest absolute Gasteiger partial charge is 0.480 e. The Labute approximate surface area is 170 Å². The van der Waals surface area contributed by atoms with Gasteiger partial charge in [0.25, 0.3) is 0 Å². The molecule has 1 rings (SSSR count). The molecule has 0 saturated heterocycles. The maximum atomic E-state index is 12.7. The van der Waals surface area contributed by atoms with E-state index in [0.29, 0.717) is 6.54 Å². The van der Waals surface area contributed by atoms with E-state index in [-0.39, 0.29) is 30.1 Å². The van der Waals surface area contributed by atoms with Crippen LogP contribution in [0.15, 0.2) is 30.3 Å². The van der Waals surface area contributed by atoms with Gasteiger partial charge < -0.3 is 14.7 Å². The fraction of sp³-hybridized carbons (Fsp3) is 0.550. The van der Waals surface area contributed by atoms with E-state index in [1.54, 1.807) is 11.8 Å². The SMILES string of the molecule is CCOC(=O)[C@H](CSCC(=O)N(Cc1ccccc1)C(C)C)NC(C)C(=O)O. The van der Waals surface area contributed by atoms with Crippen molar-refractivity contribution in [1.29, 1.82) is 0 Å². The minimum atomic E-state index is -1.05. The molecule has 0 aromatic heterocycles. The first-order valence-electron chi connectivity index (χ1n) is 9.32. The fourth-order valence-electron chi connectivity index (χ4n) is 2.49. The summed E-state index contributed by atoms with van der Waals surface area (Å²) in [5.41, 5.74) is 1.05. The first-order valence-corrected chi connectivity index (χ1v) is 10.5. The van der Waals surface area contributed by atoms with Crippen LogP contribution in [0.4, 0.5) is 0 Å². The number of benzene rings is 1. The average molecular weight is 411 g/mol. The smallest absolute Gasteiger partial charge is 0.324 e. The van der Waals surface area contributed by atoms with Crippen LogP contribution >= 0.6 is 11.8 Å². The summed E-state index contributed by atoms with van der Waals surface area (Å²) in [6, 6.07) is 8.12. The number of hydrogen-bond donors (Lipinski definition) is 2. The zero-order chi connectivity index (χ0) is 21.1. The molecule has 0 bridgehead atoms. The van der Waals surface area contributed by atoms with Crippen molar-refractivity contribution in [3.8, 4) is 0 Å². The topological polar surface area (TPSA) is 95.9 Å². The monoisotopic (exact) mass is 410 g/mol. The summed E-state index contributed by atoms with van der Waals surface area (Å²) < 4.78 is 5.00. The van der Waals surface area contributed by atoms with Crippen molar-refractivity contribution >= 4 is 29.6 Å². The van der Waals surface area contributed by atoms with Crippen molar-refractivity contribution in [2.75, 3.05) is 18.1 Å². The van der Waals surface area contributed by atoms with Gasteiger partial charge >= 0.3 is 11.9 Å². The van der Waals surface area contributed by atoms with Crippen molar-refractivity contribution in [1.82, 2.24) is 10.2 Å².